The lowest BCUT2D eigenvalue weighted by molar-refractivity contribution is -0.184. The van der Waals surface area contributed by atoms with Gasteiger partial charge in [0, 0.05) is 11.1 Å². The lowest BCUT2D eigenvalue weighted by Gasteiger charge is -2.36. The minimum atomic E-state index is -1.19. The number of aliphatic carboxylic acids is 1. The van der Waals surface area contributed by atoms with Gasteiger partial charge in [-0.15, -0.1) is 0 Å². The third-order valence-corrected chi connectivity index (χ3v) is 5.63. The predicted octanol–water partition coefficient (Wildman–Crippen LogP) is 3.06. The van der Waals surface area contributed by atoms with Gasteiger partial charge in [0.05, 0.1) is 32.8 Å². The van der Waals surface area contributed by atoms with Crippen molar-refractivity contribution in [3.05, 3.63) is 83.3 Å². The molecule has 1 unspecified atom stereocenters. The number of benzene rings is 2. The molecular formula is C25H23FN2O6. The van der Waals surface area contributed by atoms with Crippen LogP contribution in [-0.2, 0) is 15.1 Å². The average molecular weight is 466 g/mol. The average Bonchev–Trinajstić information content (AvgIpc) is 2.81. The van der Waals surface area contributed by atoms with E-state index in [0.717, 1.165) is 0 Å². The molecule has 1 aliphatic heterocycles. The van der Waals surface area contributed by atoms with Gasteiger partial charge in [-0.05, 0) is 29.8 Å². The zero-order valence-electron chi connectivity index (χ0n) is 18.3. The summed E-state index contributed by atoms with van der Waals surface area (Å²) in [6, 6.07) is 14.7. The van der Waals surface area contributed by atoms with E-state index in [9.17, 15) is 24.2 Å². The summed E-state index contributed by atoms with van der Waals surface area (Å²) in [6.07, 6.45) is -0.502. The number of halogens is 1. The molecule has 0 radical (unpaired) electrons. The lowest BCUT2D eigenvalue weighted by Crippen LogP contribution is -2.46. The number of methoxy groups -OCH3 is 1. The second-order valence-electron chi connectivity index (χ2n) is 8.00. The van der Waals surface area contributed by atoms with Crippen molar-refractivity contribution in [2.24, 2.45) is 0 Å². The maximum atomic E-state index is 14.3. The Morgan fingerprint density at radius 1 is 1.18 bits per heavy atom. The molecule has 8 nitrogen and oxygen atoms in total. The van der Waals surface area contributed by atoms with E-state index in [-0.39, 0.29) is 24.5 Å². The van der Waals surface area contributed by atoms with E-state index in [4.69, 9.17) is 9.47 Å². The molecule has 4 rings (SSSR count). The third-order valence-electron chi connectivity index (χ3n) is 5.63. The van der Waals surface area contributed by atoms with Crippen LogP contribution < -0.4 is 10.1 Å². The second kappa shape index (κ2) is 9.58. The maximum absolute atomic E-state index is 14.3. The lowest BCUT2D eigenvalue weighted by atomic mass is 9.90. The summed E-state index contributed by atoms with van der Waals surface area (Å²) in [6.45, 7) is 0.370. The number of ether oxygens (including phenoxy) is 2. The number of rotatable bonds is 8. The van der Waals surface area contributed by atoms with E-state index in [1.807, 2.05) is 0 Å². The Morgan fingerprint density at radius 2 is 1.94 bits per heavy atom. The minimum absolute atomic E-state index is 0.00128. The number of pyridine rings is 1. The van der Waals surface area contributed by atoms with Crippen LogP contribution in [0.2, 0.25) is 0 Å². The first-order valence-corrected chi connectivity index (χ1v) is 10.5. The number of carbonyl (C=O) groups excluding carboxylic acids is 1. The number of hydrogen-bond donors (Lipinski definition) is 3. The fourth-order valence-electron chi connectivity index (χ4n) is 3.77. The SMILES string of the molecule is COc1ccc(C(=O)NC(CC(=O)O)c2ccccc2F)nc1-c1cccc(C2(O)COC2)c1. The molecule has 0 bridgehead atoms. The summed E-state index contributed by atoms with van der Waals surface area (Å²) in [7, 11) is 1.47. The highest BCUT2D eigenvalue weighted by atomic mass is 19.1. The number of hydrogen-bond acceptors (Lipinski definition) is 6. The van der Waals surface area contributed by atoms with E-state index < -0.39 is 35.8 Å². The van der Waals surface area contributed by atoms with Crippen molar-refractivity contribution in [2.75, 3.05) is 20.3 Å². The second-order valence-corrected chi connectivity index (χ2v) is 8.00. The molecule has 0 spiro atoms. The summed E-state index contributed by atoms with van der Waals surface area (Å²) < 4.78 is 24.8. The van der Waals surface area contributed by atoms with Crippen LogP contribution in [0.5, 0.6) is 5.75 Å². The van der Waals surface area contributed by atoms with Crippen LogP contribution in [0.1, 0.15) is 34.1 Å². The number of nitrogens with one attached hydrogen (secondary N) is 1. The van der Waals surface area contributed by atoms with Gasteiger partial charge in [-0.25, -0.2) is 9.37 Å². The first kappa shape index (κ1) is 23.3. The Kier molecular flexibility index (Phi) is 6.58. The molecule has 176 valence electrons. The van der Waals surface area contributed by atoms with Crippen molar-refractivity contribution in [1.82, 2.24) is 10.3 Å². The number of aliphatic hydroxyl groups is 1. The van der Waals surface area contributed by atoms with Crippen LogP contribution >= 0.6 is 0 Å². The van der Waals surface area contributed by atoms with Gasteiger partial charge in [-0.1, -0.05) is 36.4 Å². The molecular weight excluding hydrogens is 443 g/mol. The number of carboxylic acid groups (broad SMARTS) is 1. The number of nitrogens with zero attached hydrogens (tertiary/aromatic N) is 1. The van der Waals surface area contributed by atoms with E-state index in [0.29, 0.717) is 22.6 Å². The molecule has 3 aromatic rings. The van der Waals surface area contributed by atoms with E-state index in [2.05, 4.69) is 10.3 Å². The molecule has 1 saturated heterocycles. The van der Waals surface area contributed by atoms with Gasteiger partial charge in [0.2, 0.25) is 0 Å². The smallest absolute Gasteiger partial charge is 0.305 e. The van der Waals surface area contributed by atoms with Crippen LogP contribution in [-0.4, -0.2) is 47.4 Å². The first-order chi connectivity index (χ1) is 16.3. The van der Waals surface area contributed by atoms with Crippen LogP contribution in [0.4, 0.5) is 4.39 Å². The molecule has 0 saturated carbocycles. The zero-order chi connectivity index (χ0) is 24.3. The summed E-state index contributed by atoms with van der Waals surface area (Å²) in [5.41, 5.74) is 0.606. The maximum Gasteiger partial charge on any atom is 0.305 e. The Labute approximate surface area is 195 Å². The number of carboxylic acids is 1. The highest BCUT2D eigenvalue weighted by Crippen LogP contribution is 2.34. The Bertz CT molecular complexity index is 1230. The van der Waals surface area contributed by atoms with Crippen molar-refractivity contribution in [1.29, 1.82) is 0 Å². The van der Waals surface area contributed by atoms with Crippen LogP contribution in [0.15, 0.2) is 60.7 Å². The monoisotopic (exact) mass is 466 g/mol. The number of aromatic nitrogens is 1. The van der Waals surface area contributed by atoms with Gasteiger partial charge in [0.15, 0.2) is 0 Å². The van der Waals surface area contributed by atoms with Crippen LogP contribution in [0, 0.1) is 5.82 Å². The molecule has 9 heteroatoms. The Balaban J connectivity index is 1.66. The van der Waals surface area contributed by atoms with Crippen molar-refractivity contribution in [2.45, 2.75) is 18.1 Å². The first-order valence-electron chi connectivity index (χ1n) is 10.5. The molecule has 3 N–H and O–H groups in total. The van der Waals surface area contributed by atoms with Gasteiger partial charge in [0.25, 0.3) is 5.91 Å². The van der Waals surface area contributed by atoms with Gasteiger partial charge >= 0.3 is 5.97 Å². The standard InChI is InChI=1S/C25H23FN2O6/c1-33-21-10-9-19(24(31)28-20(12-22(29)30)17-7-2-3-8-18(17)26)27-23(21)15-5-4-6-16(11-15)25(32)13-34-14-25/h2-11,20,32H,12-14H2,1H3,(H,28,31)(H,29,30). The van der Waals surface area contributed by atoms with E-state index >= 15 is 0 Å². The summed E-state index contributed by atoms with van der Waals surface area (Å²) in [5.74, 6) is -2.07. The molecule has 0 aliphatic carbocycles. The summed E-state index contributed by atoms with van der Waals surface area (Å²) in [4.78, 5) is 28.8. The molecule has 1 aliphatic rings. The third kappa shape index (κ3) is 4.75. The van der Waals surface area contributed by atoms with E-state index in [1.165, 1.54) is 31.4 Å². The highest BCUT2D eigenvalue weighted by molar-refractivity contribution is 5.93. The van der Waals surface area contributed by atoms with Gasteiger partial charge in [0.1, 0.15) is 28.6 Å². The minimum Gasteiger partial charge on any atom is -0.494 e. The molecule has 34 heavy (non-hydrogen) atoms. The highest BCUT2D eigenvalue weighted by Gasteiger charge is 2.38. The van der Waals surface area contributed by atoms with Gasteiger partial charge in [-0.2, -0.15) is 0 Å². The van der Waals surface area contributed by atoms with Crippen molar-refractivity contribution in [3.8, 4) is 17.0 Å². The van der Waals surface area contributed by atoms with Crippen molar-refractivity contribution < 1.29 is 33.7 Å². The van der Waals surface area contributed by atoms with Crippen molar-refractivity contribution >= 4 is 11.9 Å². The summed E-state index contributed by atoms with van der Waals surface area (Å²) >= 11 is 0. The van der Waals surface area contributed by atoms with E-state index in [1.54, 1.807) is 36.4 Å². The molecule has 2 aromatic carbocycles. The fraction of sp³-hybridized carbons (Fsp3) is 0.240. The molecule has 1 amide bonds. The quantitative estimate of drug-likeness (QED) is 0.467. The molecule has 2 heterocycles. The largest absolute Gasteiger partial charge is 0.494 e. The number of carbonyl (C=O) groups is 2. The molecule has 1 atom stereocenters. The van der Waals surface area contributed by atoms with Crippen LogP contribution in [0.3, 0.4) is 0 Å². The molecule has 1 aromatic heterocycles. The Hall–Kier alpha value is -3.82. The van der Waals surface area contributed by atoms with Crippen molar-refractivity contribution in [3.63, 3.8) is 0 Å². The normalized spacial score (nSPS) is 15.1. The van der Waals surface area contributed by atoms with Crippen LogP contribution in [0.25, 0.3) is 11.3 Å². The van der Waals surface area contributed by atoms with Gasteiger partial charge < -0.3 is 25.0 Å². The number of amides is 1. The predicted molar refractivity (Wildman–Crippen MR) is 120 cm³/mol. The Morgan fingerprint density at radius 3 is 2.59 bits per heavy atom. The fourth-order valence-corrected chi connectivity index (χ4v) is 3.77. The zero-order valence-corrected chi connectivity index (χ0v) is 18.3. The molecule has 1 fully saturated rings. The van der Waals surface area contributed by atoms with Gasteiger partial charge in [-0.3, -0.25) is 9.59 Å². The summed E-state index contributed by atoms with van der Waals surface area (Å²) in [5, 5.41) is 22.4. The topological polar surface area (TPSA) is 118 Å².